The third kappa shape index (κ3) is 4.57. The quantitative estimate of drug-likeness (QED) is 0.638. The molecule has 4 rings (SSSR count). The highest BCUT2D eigenvalue weighted by Crippen LogP contribution is 2.24. The molecule has 7 nitrogen and oxygen atoms in total. The Balaban J connectivity index is 1.29. The highest BCUT2D eigenvalue weighted by Gasteiger charge is 2.20. The molecular weight excluding hydrogens is 390 g/mol. The smallest absolute Gasteiger partial charge is 0.232 e. The number of halogens is 1. The number of aryl methyl sites for hydroxylation is 1. The fourth-order valence-corrected chi connectivity index (χ4v) is 3.94. The molecule has 1 fully saturated rings. The standard InChI is InChI=1S/C21H26ClN5O2/c1-28-19-13-20(29-2)25-21(24-19)27-10-8-26(9-11-27)7-3-4-15-14-23-18-6-5-16(22)12-17(15)18/h5-6,12-14,23H,3-4,7-11H2,1-2H3. The molecule has 1 aliphatic rings. The zero-order valence-corrected chi connectivity index (χ0v) is 17.6. The summed E-state index contributed by atoms with van der Waals surface area (Å²) in [5, 5.41) is 2.01. The number of anilines is 1. The van der Waals surface area contributed by atoms with Crippen LogP contribution >= 0.6 is 11.6 Å². The summed E-state index contributed by atoms with van der Waals surface area (Å²) in [7, 11) is 3.20. The van der Waals surface area contributed by atoms with Gasteiger partial charge in [0, 0.05) is 48.3 Å². The van der Waals surface area contributed by atoms with E-state index in [2.05, 4.69) is 30.9 Å². The zero-order chi connectivity index (χ0) is 20.2. The Hall–Kier alpha value is -2.51. The Bertz CT molecular complexity index is 947. The van der Waals surface area contributed by atoms with Crippen LogP contribution < -0.4 is 14.4 Å². The topological polar surface area (TPSA) is 66.5 Å². The van der Waals surface area contributed by atoms with Crippen LogP contribution in [-0.4, -0.2) is 66.8 Å². The number of nitrogens with one attached hydrogen (secondary N) is 1. The first kappa shape index (κ1) is 19.8. The van der Waals surface area contributed by atoms with Crippen LogP contribution in [0.25, 0.3) is 10.9 Å². The molecule has 0 saturated carbocycles. The van der Waals surface area contributed by atoms with Crippen molar-refractivity contribution in [3.63, 3.8) is 0 Å². The molecule has 3 aromatic rings. The number of aromatic nitrogens is 3. The Kier molecular flexibility index (Phi) is 6.06. The summed E-state index contributed by atoms with van der Waals surface area (Å²) in [6, 6.07) is 7.70. The fraction of sp³-hybridized carbons (Fsp3) is 0.429. The summed E-state index contributed by atoms with van der Waals surface area (Å²) in [5.74, 6) is 1.71. The van der Waals surface area contributed by atoms with E-state index in [9.17, 15) is 0 Å². The van der Waals surface area contributed by atoms with Gasteiger partial charge < -0.3 is 19.4 Å². The van der Waals surface area contributed by atoms with Gasteiger partial charge in [0.1, 0.15) is 0 Å². The van der Waals surface area contributed by atoms with E-state index in [4.69, 9.17) is 21.1 Å². The number of aromatic amines is 1. The van der Waals surface area contributed by atoms with Gasteiger partial charge >= 0.3 is 0 Å². The molecule has 1 N–H and O–H groups in total. The van der Waals surface area contributed by atoms with E-state index in [1.54, 1.807) is 20.3 Å². The van der Waals surface area contributed by atoms with Gasteiger partial charge in [-0.2, -0.15) is 9.97 Å². The number of nitrogens with zero attached hydrogens (tertiary/aromatic N) is 4. The van der Waals surface area contributed by atoms with Gasteiger partial charge in [-0.05, 0) is 43.1 Å². The van der Waals surface area contributed by atoms with Crippen LogP contribution in [-0.2, 0) is 6.42 Å². The van der Waals surface area contributed by atoms with Gasteiger partial charge in [-0.15, -0.1) is 0 Å². The molecule has 0 radical (unpaired) electrons. The van der Waals surface area contributed by atoms with E-state index in [1.165, 1.54) is 10.9 Å². The summed E-state index contributed by atoms with van der Waals surface area (Å²) in [4.78, 5) is 16.9. The molecule has 0 amide bonds. The minimum atomic E-state index is 0.521. The maximum absolute atomic E-state index is 6.15. The van der Waals surface area contributed by atoms with Crippen molar-refractivity contribution in [1.82, 2.24) is 19.9 Å². The van der Waals surface area contributed by atoms with Crippen molar-refractivity contribution in [3.8, 4) is 11.8 Å². The molecule has 3 heterocycles. The molecule has 0 bridgehead atoms. The second kappa shape index (κ2) is 8.88. The van der Waals surface area contributed by atoms with Crippen LogP contribution in [0.4, 0.5) is 5.95 Å². The number of piperazine rings is 1. The van der Waals surface area contributed by atoms with Gasteiger partial charge in [-0.25, -0.2) is 0 Å². The summed E-state index contributed by atoms with van der Waals surface area (Å²) in [5.41, 5.74) is 2.48. The molecule has 0 unspecified atom stereocenters. The fourth-order valence-electron chi connectivity index (χ4n) is 3.76. The van der Waals surface area contributed by atoms with E-state index in [-0.39, 0.29) is 0 Å². The molecule has 0 spiro atoms. The molecule has 0 aliphatic carbocycles. The normalized spacial score (nSPS) is 15.1. The summed E-state index contributed by atoms with van der Waals surface area (Å²) in [6.45, 7) is 4.83. The van der Waals surface area contributed by atoms with Crippen LogP contribution in [0.2, 0.25) is 5.02 Å². The van der Waals surface area contributed by atoms with Gasteiger partial charge in [0.2, 0.25) is 17.7 Å². The third-order valence-electron chi connectivity index (χ3n) is 5.39. The van der Waals surface area contributed by atoms with E-state index in [1.807, 2.05) is 18.2 Å². The number of benzene rings is 1. The number of rotatable bonds is 7. The van der Waals surface area contributed by atoms with Crippen molar-refractivity contribution in [1.29, 1.82) is 0 Å². The second-order valence-corrected chi connectivity index (χ2v) is 7.63. The van der Waals surface area contributed by atoms with Crippen molar-refractivity contribution >= 4 is 28.5 Å². The lowest BCUT2D eigenvalue weighted by Crippen LogP contribution is -2.47. The summed E-state index contributed by atoms with van der Waals surface area (Å²) in [6.07, 6.45) is 4.26. The van der Waals surface area contributed by atoms with Gasteiger partial charge in [-0.1, -0.05) is 11.6 Å². The maximum Gasteiger partial charge on any atom is 0.232 e. The van der Waals surface area contributed by atoms with Gasteiger partial charge in [-0.3, -0.25) is 4.90 Å². The number of methoxy groups -OCH3 is 2. The zero-order valence-electron chi connectivity index (χ0n) is 16.8. The Morgan fingerprint density at radius 2 is 1.76 bits per heavy atom. The second-order valence-electron chi connectivity index (χ2n) is 7.19. The average molecular weight is 416 g/mol. The van der Waals surface area contributed by atoms with Gasteiger partial charge in [0.25, 0.3) is 0 Å². The molecular formula is C21H26ClN5O2. The number of hydrogen-bond acceptors (Lipinski definition) is 6. The Labute approximate surface area is 175 Å². The molecule has 1 aromatic carbocycles. The van der Waals surface area contributed by atoms with Gasteiger partial charge in [0.05, 0.1) is 20.3 Å². The Morgan fingerprint density at radius 3 is 2.45 bits per heavy atom. The number of ether oxygens (including phenoxy) is 2. The minimum absolute atomic E-state index is 0.521. The van der Waals surface area contributed by atoms with E-state index in [0.717, 1.165) is 56.1 Å². The van der Waals surface area contributed by atoms with E-state index >= 15 is 0 Å². The van der Waals surface area contributed by atoms with E-state index in [0.29, 0.717) is 17.7 Å². The monoisotopic (exact) mass is 415 g/mol. The summed E-state index contributed by atoms with van der Waals surface area (Å²) >= 11 is 6.15. The van der Waals surface area contributed by atoms with Gasteiger partial charge in [0.15, 0.2) is 0 Å². The first-order chi connectivity index (χ1) is 14.2. The van der Waals surface area contributed by atoms with Crippen molar-refractivity contribution in [2.75, 3.05) is 51.8 Å². The van der Waals surface area contributed by atoms with Crippen LogP contribution in [0, 0.1) is 0 Å². The Morgan fingerprint density at radius 1 is 1.03 bits per heavy atom. The molecule has 29 heavy (non-hydrogen) atoms. The van der Waals surface area contributed by atoms with E-state index < -0.39 is 0 Å². The minimum Gasteiger partial charge on any atom is -0.481 e. The SMILES string of the molecule is COc1cc(OC)nc(N2CCN(CCCc3c[nH]c4ccc(Cl)cc34)CC2)n1. The summed E-state index contributed by atoms with van der Waals surface area (Å²) < 4.78 is 10.5. The van der Waals surface area contributed by atoms with Crippen LogP contribution in [0.5, 0.6) is 11.8 Å². The molecule has 1 aliphatic heterocycles. The van der Waals surface area contributed by atoms with Crippen molar-refractivity contribution in [3.05, 3.63) is 41.0 Å². The predicted molar refractivity (Wildman–Crippen MR) is 115 cm³/mol. The predicted octanol–water partition coefficient (Wildman–Crippen LogP) is 3.38. The maximum atomic E-state index is 6.15. The average Bonchev–Trinajstić information content (AvgIpc) is 3.16. The lowest BCUT2D eigenvalue weighted by atomic mass is 10.1. The largest absolute Gasteiger partial charge is 0.481 e. The van der Waals surface area contributed by atoms with Crippen molar-refractivity contribution < 1.29 is 9.47 Å². The molecule has 1 saturated heterocycles. The number of fused-ring (bicyclic) bond motifs is 1. The highest BCUT2D eigenvalue weighted by molar-refractivity contribution is 6.31. The lowest BCUT2D eigenvalue weighted by Gasteiger charge is -2.34. The third-order valence-corrected chi connectivity index (χ3v) is 5.63. The number of hydrogen-bond donors (Lipinski definition) is 1. The lowest BCUT2D eigenvalue weighted by molar-refractivity contribution is 0.253. The highest BCUT2D eigenvalue weighted by atomic mass is 35.5. The first-order valence-electron chi connectivity index (χ1n) is 9.86. The van der Waals surface area contributed by atoms with Crippen LogP contribution in [0.15, 0.2) is 30.5 Å². The van der Waals surface area contributed by atoms with Crippen LogP contribution in [0.1, 0.15) is 12.0 Å². The molecule has 8 heteroatoms. The molecule has 2 aromatic heterocycles. The van der Waals surface area contributed by atoms with Crippen molar-refractivity contribution in [2.45, 2.75) is 12.8 Å². The first-order valence-corrected chi connectivity index (χ1v) is 10.2. The van der Waals surface area contributed by atoms with Crippen molar-refractivity contribution in [2.24, 2.45) is 0 Å². The number of H-pyrrole nitrogens is 1. The molecule has 0 atom stereocenters. The van der Waals surface area contributed by atoms with Crippen LogP contribution in [0.3, 0.4) is 0 Å². The molecule has 154 valence electrons.